The molecular weight excluding hydrogens is 140 g/mol. The second kappa shape index (κ2) is 9.27. The summed E-state index contributed by atoms with van der Waals surface area (Å²) in [6.07, 6.45) is 0.535. The van der Waals surface area contributed by atoms with Gasteiger partial charge in [-0.05, 0) is 6.04 Å². The average molecular weight is 148 g/mol. The third-order valence-corrected chi connectivity index (χ3v) is 0.823. The number of nitrogens with zero attached hydrogens (tertiary/aromatic N) is 1. The van der Waals surface area contributed by atoms with Crippen molar-refractivity contribution in [3.8, 4) is 0 Å². The third-order valence-electron chi connectivity index (χ3n) is 0.823. The van der Waals surface area contributed by atoms with Crippen molar-refractivity contribution < 1.29 is 64.0 Å². The Hall–Kier alpha value is 1.27. The molecule has 0 rings (SSSR count). The van der Waals surface area contributed by atoms with E-state index in [4.69, 9.17) is 0 Å². The monoisotopic (exact) mass is 148 g/mol. The minimum absolute atomic E-state index is 0. The van der Waals surface area contributed by atoms with E-state index in [1.165, 1.54) is 6.92 Å². The van der Waals surface area contributed by atoms with E-state index in [0.29, 0.717) is 12.5 Å². The summed E-state index contributed by atoms with van der Waals surface area (Å²) in [7, 11) is 0. The molecule has 5 heteroatoms. The van der Waals surface area contributed by atoms with E-state index >= 15 is 0 Å². The molecule has 0 heterocycles. The molecule has 0 saturated carbocycles. The maximum absolute atomic E-state index is 9.70. The van der Waals surface area contributed by atoms with Gasteiger partial charge in [-0.1, -0.05) is 6.92 Å². The quantitative estimate of drug-likeness (QED) is 0.171. The molecule has 0 fully saturated rings. The minimum atomic E-state index is -0.361. The van der Waals surface area contributed by atoms with Gasteiger partial charge in [-0.2, -0.15) is 0 Å². The smallest absolute Gasteiger partial charge is 0.295 e. The molecule has 0 aromatic rings. The zero-order chi connectivity index (χ0) is 5.86. The Balaban J connectivity index is -0.000000180. The topological polar surface area (TPSA) is 43.1 Å². The van der Waals surface area contributed by atoms with Gasteiger partial charge in [0.2, 0.25) is 0 Å². The second-order valence-electron chi connectivity index (χ2n) is 1.35. The van der Waals surface area contributed by atoms with Gasteiger partial charge in [0.1, 0.15) is 0 Å². The second-order valence-corrected chi connectivity index (χ2v) is 1.35. The van der Waals surface area contributed by atoms with Gasteiger partial charge in [0.05, 0.1) is 0 Å². The van der Waals surface area contributed by atoms with Crippen LogP contribution in [0.5, 0.6) is 0 Å². The van der Waals surface area contributed by atoms with Crippen LogP contribution in [0.25, 0.3) is 0 Å². The Morgan fingerprint density at radius 1 is 1.56 bits per heavy atom. The molecule has 42 valence electrons. The van der Waals surface area contributed by atoms with Crippen LogP contribution in [-0.2, 0) is 0 Å². The van der Waals surface area contributed by atoms with E-state index in [9.17, 15) is 10.1 Å². The first kappa shape index (κ1) is 16.7. The van der Waals surface area contributed by atoms with Gasteiger partial charge in [0.25, 0.3) is 0 Å². The van der Waals surface area contributed by atoms with E-state index in [1.54, 1.807) is 6.92 Å². The van der Waals surface area contributed by atoms with Gasteiger partial charge in [-0.25, -0.2) is 0 Å². The summed E-state index contributed by atoms with van der Waals surface area (Å²) in [4.78, 5) is 9.34. The van der Waals surface area contributed by atoms with Crippen molar-refractivity contribution in [1.82, 2.24) is 0 Å². The van der Waals surface area contributed by atoms with Crippen molar-refractivity contribution in [2.75, 3.05) is 0 Å². The largest absolute Gasteiger partial charge is 1.00 e. The van der Waals surface area contributed by atoms with Gasteiger partial charge in [-0.3, -0.25) is 10.1 Å². The van der Waals surface area contributed by atoms with Crippen molar-refractivity contribution in [2.24, 2.45) is 0 Å². The fourth-order valence-electron chi connectivity index (χ4n) is 0.129. The van der Waals surface area contributed by atoms with Crippen molar-refractivity contribution in [1.29, 1.82) is 0 Å². The van der Waals surface area contributed by atoms with Crippen LogP contribution in [0.3, 0.4) is 0 Å². The number of hydrogen-bond acceptors (Lipinski definition) is 2. The number of nitro groups is 1. The molecule has 0 radical (unpaired) electrons. The van der Waals surface area contributed by atoms with E-state index in [1.807, 2.05) is 0 Å². The zero-order valence-electron chi connectivity index (χ0n) is 6.47. The molecule has 0 atom stereocenters. The molecule has 0 aromatic heterocycles. The van der Waals surface area contributed by atoms with Crippen LogP contribution in [0.15, 0.2) is 0 Å². The molecule has 0 bridgehead atoms. The molecule has 0 unspecified atom stereocenters. The normalized spacial score (nSPS) is 6.44. The number of rotatable bonds is 2. The summed E-state index contributed by atoms with van der Waals surface area (Å²) < 4.78 is 0. The maximum Gasteiger partial charge on any atom is 1.00 e. The van der Waals surface area contributed by atoms with Crippen molar-refractivity contribution in [3.63, 3.8) is 0 Å². The summed E-state index contributed by atoms with van der Waals surface area (Å²) in [5, 5.41) is 9.70. The Bertz CT molecular complexity index is 79.0. The van der Waals surface area contributed by atoms with E-state index in [-0.39, 0.29) is 64.0 Å². The molecule has 0 saturated heterocycles. The molecule has 0 aromatic carbocycles. The van der Waals surface area contributed by atoms with Crippen molar-refractivity contribution in [2.45, 2.75) is 20.3 Å². The summed E-state index contributed by atoms with van der Waals surface area (Å²) in [6.45, 7) is 3.28. The van der Waals surface area contributed by atoms with E-state index in [0.717, 1.165) is 0 Å². The molecule has 0 spiro atoms. The van der Waals surface area contributed by atoms with Crippen LogP contribution in [0.1, 0.15) is 20.3 Å². The fourth-order valence-corrected chi connectivity index (χ4v) is 0.129. The van der Waals surface area contributed by atoms with Crippen LogP contribution in [0.2, 0.25) is 0 Å². The Kier molecular flexibility index (Phi) is 17.2. The molecule has 0 aliphatic rings. The average Bonchev–Trinajstić information content (AvgIpc) is 1.65. The summed E-state index contributed by atoms with van der Waals surface area (Å²) in [5.41, 5.74) is 0. The van der Waals surface area contributed by atoms with Gasteiger partial charge in [-0.15, -0.1) is 18.3 Å². The first-order chi connectivity index (χ1) is 3.18. The zero-order valence-corrected chi connectivity index (χ0v) is 10.5. The Morgan fingerprint density at radius 2 is 1.89 bits per heavy atom. The Labute approximate surface area is 99.3 Å². The SMILES string of the molecule is CC[C-](C)[N+](=O)[O-].[Na+].[Na+]. The van der Waals surface area contributed by atoms with Gasteiger partial charge in [0.15, 0.2) is 0 Å². The molecule has 0 amide bonds. The predicted octanol–water partition coefficient (Wildman–Crippen LogP) is -4.77. The fraction of sp³-hybridized carbons (Fsp3) is 0.750. The van der Waals surface area contributed by atoms with Crippen molar-refractivity contribution in [3.05, 3.63) is 16.2 Å². The Morgan fingerprint density at radius 3 is 1.89 bits per heavy atom. The number of hydrogen-bond donors (Lipinski definition) is 0. The summed E-state index contributed by atoms with van der Waals surface area (Å²) in [6, 6.07) is 0.319. The van der Waals surface area contributed by atoms with Gasteiger partial charge >= 0.3 is 59.1 Å². The minimum Gasteiger partial charge on any atom is -0.295 e. The maximum atomic E-state index is 9.70. The first-order valence-corrected chi connectivity index (χ1v) is 2.15. The van der Waals surface area contributed by atoms with Crippen LogP contribution in [0.4, 0.5) is 0 Å². The van der Waals surface area contributed by atoms with Crippen LogP contribution in [0, 0.1) is 16.2 Å². The van der Waals surface area contributed by atoms with Crippen LogP contribution < -0.4 is 59.1 Å². The molecule has 9 heavy (non-hydrogen) atoms. The summed E-state index contributed by atoms with van der Waals surface area (Å²) in [5.74, 6) is 0. The van der Waals surface area contributed by atoms with E-state index in [2.05, 4.69) is 0 Å². The standard InChI is InChI=1S/C4H8NO2.2Na/c1-3-4(2)5(6)7;;/h3H2,1-2H3;;/q-1;2*+1. The third kappa shape index (κ3) is 9.27. The molecule has 0 aliphatic heterocycles. The predicted molar refractivity (Wildman–Crippen MR) is 26.2 cm³/mol. The molecule has 3 nitrogen and oxygen atoms in total. The molecule has 0 N–H and O–H groups in total. The van der Waals surface area contributed by atoms with Gasteiger partial charge in [0, 0.05) is 0 Å². The van der Waals surface area contributed by atoms with Crippen molar-refractivity contribution >= 4 is 0 Å². The van der Waals surface area contributed by atoms with E-state index < -0.39 is 0 Å². The first-order valence-electron chi connectivity index (χ1n) is 2.15. The van der Waals surface area contributed by atoms with Gasteiger partial charge < -0.3 is 0 Å². The van der Waals surface area contributed by atoms with Crippen LogP contribution in [-0.4, -0.2) is 4.92 Å². The molecular formula is C4H8NNa2O2+. The van der Waals surface area contributed by atoms with Crippen LogP contribution >= 0.6 is 0 Å². The summed E-state index contributed by atoms with van der Waals surface area (Å²) >= 11 is 0. The molecule has 0 aliphatic carbocycles.